The van der Waals surface area contributed by atoms with Gasteiger partial charge in [-0.25, -0.2) is 8.42 Å². The normalized spacial score (nSPS) is 26.1. The molecule has 1 N–H and O–H groups in total. The Kier molecular flexibility index (Phi) is 5.46. The molecule has 29 heavy (non-hydrogen) atoms. The monoisotopic (exact) mass is 418 g/mol. The Balaban J connectivity index is 1.61. The highest BCUT2D eigenvalue weighted by Gasteiger charge is 2.31. The molecule has 1 aromatic heterocycles. The minimum absolute atomic E-state index is 0.143. The van der Waals surface area contributed by atoms with Crippen molar-refractivity contribution >= 4 is 26.9 Å². The number of rotatable bonds is 4. The highest BCUT2D eigenvalue weighted by atomic mass is 32.2. The number of sulfonamides is 1. The third-order valence-electron chi connectivity index (χ3n) is 6.84. The Morgan fingerprint density at radius 1 is 1.14 bits per heavy atom. The fraction of sp³-hybridized carbons (Fsp3) is 0.591. The molecule has 0 bridgehead atoms. The van der Waals surface area contributed by atoms with Crippen LogP contribution in [-0.2, 0) is 10.0 Å². The van der Waals surface area contributed by atoms with E-state index in [1.54, 1.807) is 18.2 Å². The molecule has 2 aromatic rings. The number of carbonyl (C=O) groups is 1. The van der Waals surface area contributed by atoms with Gasteiger partial charge in [-0.2, -0.15) is 4.31 Å². The van der Waals surface area contributed by atoms with Gasteiger partial charge in [0.05, 0.1) is 4.90 Å². The van der Waals surface area contributed by atoms with Gasteiger partial charge in [0.15, 0.2) is 5.76 Å². The zero-order chi connectivity index (χ0) is 20.8. The molecule has 1 aliphatic carbocycles. The van der Waals surface area contributed by atoms with E-state index < -0.39 is 10.0 Å². The molecule has 1 saturated carbocycles. The molecule has 0 spiro atoms. The van der Waals surface area contributed by atoms with E-state index in [1.165, 1.54) is 10.7 Å². The smallest absolute Gasteiger partial charge is 0.287 e. The van der Waals surface area contributed by atoms with Gasteiger partial charge in [-0.3, -0.25) is 4.79 Å². The number of nitrogens with zero attached hydrogens (tertiary/aromatic N) is 1. The summed E-state index contributed by atoms with van der Waals surface area (Å²) in [6, 6.07) is 5.02. The quantitative estimate of drug-likeness (QED) is 0.811. The average Bonchev–Trinajstić information content (AvgIpc) is 3.34. The van der Waals surface area contributed by atoms with E-state index in [4.69, 9.17) is 4.42 Å². The Morgan fingerprint density at radius 2 is 1.86 bits per heavy atom. The van der Waals surface area contributed by atoms with Crippen LogP contribution in [0.4, 0.5) is 0 Å². The van der Waals surface area contributed by atoms with Gasteiger partial charge in [0, 0.05) is 30.1 Å². The number of amides is 1. The van der Waals surface area contributed by atoms with Gasteiger partial charge in [-0.05, 0) is 56.2 Å². The van der Waals surface area contributed by atoms with E-state index in [-0.39, 0.29) is 22.6 Å². The van der Waals surface area contributed by atoms with Crippen LogP contribution in [0.15, 0.2) is 27.5 Å². The first-order valence-corrected chi connectivity index (χ1v) is 12.1. The van der Waals surface area contributed by atoms with E-state index in [9.17, 15) is 13.2 Å². The number of carbonyl (C=O) groups excluding carboxylic acids is 1. The van der Waals surface area contributed by atoms with Gasteiger partial charge in [0.2, 0.25) is 10.0 Å². The summed E-state index contributed by atoms with van der Waals surface area (Å²) in [5.74, 6) is 1.08. The summed E-state index contributed by atoms with van der Waals surface area (Å²) < 4.78 is 33.1. The van der Waals surface area contributed by atoms with Gasteiger partial charge >= 0.3 is 0 Å². The lowest BCUT2D eigenvalue weighted by molar-refractivity contribution is 0.0864. The Labute approximate surface area is 172 Å². The Bertz CT molecular complexity index is 1020. The van der Waals surface area contributed by atoms with Gasteiger partial charge in [0.25, 0.3) is 5.91 Å². The average molecular weight is 419 g/mol. The molecule has 2 aliphatic rings. The van der Waals surface area contributed by atoms with Crippen LogP contribution in [-0.4, -0.2) is 37.8 Å². The molecule has 1 aromatic carbocycles. The van der Waals surface area contributed by atoms with Gasteiger partial charge in [-0.1, -0.05) is 26.7 Å². The van der Waals surface area contributed by atoms with Crippen molar-refractivity contribution in [2.75, 3.05) is 13.1 Å². The predicted molar refractivity (Wildman–Crippen MR) is 112 cm³/mol. The van der Waals surface area contributed by atoms with Crippen molar-refractivity contribution in [3.63, 3.8) is 0 Å². The highest BCUT2D eigenvalue weighted by molar-refractivity contribution is 7.89. The van der Waals surface area contributed by atoms with E-state index >= 15 is 0 Å². The molecular formula is C22H30N2O4S. The standard InChI is InChI=1S/C22H30N2O4S/c1-14-7-6-8-19(15(14)2)23-22(25)21-16(3)18-13-17(9-10-20(18)28-21)29(26,27)24-11-4-5-12-24/h9-10,13-15,19H,4-8,11-12H2,1-3H3,(H,23,25)/t14-,15+,19+/m0/s1. The van der Waals surface area contributed by atoms with Crippen LogP contribution in [0.2, 0.25) is 0 Å². The van der Waals surface area contributed by atoms with Crippen molar-refractivity contribution in [1.29, 1.82) is 0 Å². The molecule has 7 heteroatoms. The maximum atomic E-state index is 12.9. The molecule has 6 nitrogen and oxygen atoms in total. The van der Waals surface area contributed by atoms with Gasteiger partial charge < -0.3 is 9.73 Å². The van der Waals surface area contributed by atoms with E-state index in [0.29, 0.717) is 41.5 Å². The zero-order valence-corrected chi connectivity index (χ0v) is 18.2. The van der Waals surface area contributed by atoms with Crippen LogP contribution in [0.3, 0.4) is 0 Å². The highest BCUT2D eigenvalue weighted by Crippen LogP contribution is 2.32. The second kappa shape index (κ2) is 7.76. The predicted octanol–water partition coefficient (Wildman–Crippen LogP) is 4.08. The summed E-state index contributed by atoms with van der Waals surface area (Å²) in [4.78, 5) is 13.2. The summed E-state index contributed by atoms with van der Waals surface area (Å²) in [5, 5.41) is 3.83. The largest absolute Gasteiger partial charge is 0.451 e. The van der Waals surface area contributed by atoms with Crippen molar-refractivity contribution in [3.05, 3.63) is 29.5 Å². The fourth-order valence-electron chi connectivity index (χ4n) is 4.67. The minimum Gasteiger partial charge on any atom is -0.451 e. The second-order valence-corrected chi connectivity index (χ2v) is 10.6. The first-order valence-electron chi connectivity index (χ1n) is 10.6. The van der Waals surface area contributed by atoms with Crippen molar-refractivity contribution < 1.29 is 17.6 Å². The molecule has 2 heterocycles. The van der Waals surface area contributed by atoms with Crippen LogP contribution in [0, 0.1) is 18.8 Å². The Hall–Kier alpha value is -1.86. The number of aryl methyl sites for hydroxylation is 1. The topological polar surface area (TPSA) is 79.6 Å². The van der Waals surface area contributed by atoms with Crippen molar-refractivity contribution in [2.45, 2.75) is 63.8 Å². The molecule has 158 valence electrons. The minimum atomic E-state index is -3.50. The summed E-state index contributed by atoms with van der Waals surface area (Å²) >= 11 is 0. The summed E-state index contributed by atoms with van der Waals surface area (Å²) in [5.41, 5.74) is 1.23. The Morgan fingerprint density at radius 3 is 2.59 bits per heavy atom. The van der Waals surface area contributed by atoms with Crippen LogP contribution in [0.5, 0.6) is 0 Å². The third kappa shape index (κ3) is 3.70. The van der Waals surface area contributed by atoms with Crippen molar-refractivity contribution in [2.24, 2.45) is 11.8 Å². The van der Waals surface area contributed by atoms with Crippen LogP contribution in [0.1, 0.15) is 62.1 Å². The van der Waals surface area contributed by atoms with E-state index in [1.807, 2.05) is 6.92 Å². The third-order valence-corrected chi connectivity index (χ3v) is 8.73. The van der Waals surface area contributed by atoms with Crippen molar-refractivity contribution in [3.8, 4) is 0 Å². The number of hydrogen-bond donors (Lipinski definition) is 1. The zero-order valence-electron chi connectivity index (χ0n) is 17.4. The molecule has 0 unspecified atom stereocenters. The van der Waals surface area contributed by atoms with Crippen LogP contribution < -0.4 is 5.32 Å². The lowest BCUT2D eigenvalue weighted by atomic mass is 9.78. The summed E-state index contributed by atoms with van der Waals surface area (Å²) in [6.45, 7) is 7.38. The summed E-state index contributed by atoms with van der Waals surface area (Å²) in [6.07, 6.45) is 5.09. The molecular weight excluding hydrogens is 388 g/mol. The number of fused-ring (bicyclic) bond motifs is 1. The molecule has 1 aliphatic heterocycles. The van der Waals surface area contributed by atoms with Gasteiger partial charge in [0.1, 0.15) is 5.58 Å². The van der Waals surface area contributed by atoms with E-state index in [0.717, 1.165) is 25.7 Å². The number of nitrogens with one attached hydrogen (secondary N) is 1. The lowest BCUT2D eigenvalue weighted by Gasteiger charge is -2.34. The van der Waals surface area contributed by atoms with Crippen LogP contribution >= 0.6 is 0 Å². The first-order chi connectivity index (χ1) is 13.8. The molecule has 1 amide bonds. The van der Waals surface area contributed by atoms with Crippen LogP contribution in [0.25, 0.3) is 11.0 Å². The fourth-order valence-corrected chi connectivity index (χ4v) is 6.22. The second-order valence-electron chi connectivity index (χ2n) is 8.67. The molecule has 4 rings (SSSR count). The van der Waals surface area contributed by atoms with Gasteiger partial charge in [-0.15, -0.1) is 0 Å². The first kappa shape index (κ1) is 20.4. The molecule has 1 saturated heterocycles. The maximum Gasteiger partial charge on any atom is 0.287 e. The summed E-state index contributed by atoms with van der Waals surface area (Å²) in [7, 11) is -3.50. The number of hydrogen-bond acceptors (Lipinski definition) is 4. The number of furan rings is 1. The molecule has 0 radical (unpaired) electrons. The lowest BCUT2D eigenvalue weighted by Crippen LogP contribution is -2.43. The number of benzene rings is 1. The van der Waals surface area contributed by atoms with E-state index in [2.05, 4.69) is 19.2 Å². The molecule has 3 atom stereocenters. The van der Waals surface area contributed by atoms with Crippen molar-refractivity contribution in [1.82, 2.24) is 9.62 Å². The maximum absolute atomic E-state index is 12.9. The SMILES string of the molecule is Cc1c(C(=O)N[C@@H]2CCC[C@H](C)[C@H]2C)oc2ccc(S(=O)(=O)N3CCCC3)cc12. The molecule has 2 fully saturated rings.